The molecular weight excluding hydrogens is 191 g/mol. The van der Waals surface area contributed by atoms with Gasteiger partial charge in [-0.2, -0.15) is 0 Å². The highest BCUT2D eigenvalue weighted by atomic mass is 31.2. The molecular formula is C7H13N2O3P. The Morgan fingerprint density at radius 2 is 2.08 bits per heavy atom. The zero-order valence-corrected chi connectivity index (χ0v) is 8.58. The van der Waals surface area contributed by atoms with E-state index in [1.807, 2.05) is 0 Å². The van der Waals surface area contributed by atoms with E-state index in [0.717, 1.165) is 0 Å². The molecule has 74 valence electrons. The van der Waals surface area contributed by atoms with E-state index in [4.69, 9.17) is 9.05 Å². The van der Waals surface area contributed by atoms with Crippen molar-refractivity contribution in [1.29, 1.82) is 0 Å². The Bertz CT molecular complexity index is 276. The molecule has 1 aromatic rings. The average Bonchev–Trinajstić information content (AvgIpc) is 2.57. The van der Waals surface area contributed by atoms with E-state index >= 15 is 0 Å². The lowest BCUT2D eigenvalue weighted by atomic mass is 10.9. The van der Waals surface area contributed by atoms with Crippen LogP contribution in [-0.4, -0.2) is 23.2 Å². The summed E-state index contributed by atoms with van der Waals surface area (Å²) in [6, 6.07) is 0. The molecule has 0 saturated heterocycles. The summed E-state index contributed by atoms with van der Waals surface area (Å²) in [6.07, 6.45) is 3.10. The van der Waals surface area contributed by atoms with E-state index < -0.39 is 7.60 Å². The molecule has 0 atom stereocenters. The molecule has 1 rings (SSSR count). The van der Waals surface area contributed by atoms with Gasteiger partial charge in [0.1, 0.15) is 0 Å². The van der Waals surface area contributed by atoms with Gasteiger partial charge in [0.25, 0.3) is 0 Å². The topological polar surface area (TPSA) is 64.2 Å². The van der Waals surface area contributed by atoms with Crippen LogP contribution in [0.5, 0.6) is 0 Å². The van der Waals surface area contributed by atoms with Gasteiger partial charge >= 0.3 is 7.60 Å². The molecule has 0 aliphatic heterocycles. The minimum atomic E-state index is -3.19. The van der Waals surface area contributed by atoms with Gasteiger partial charge in [-0.1, -0.05) is 0 Å². The van der Waals surface area contributed by atoms with Gasteiger partial charge in [0.05, 0.1) is 13.2 Å². The summed E-state index contributed by atoms with van der Waals surface area (Å²) in [5, 5.41) is 0. The highest BCUT2D eigenvalue weighted by Gasteiger charge is 2.29. The lowest BCUT2D eigenvalue weighted by molar-refractivity contribution is 0.228. The molecule has 0 bridgehead atoms. The van der Waals surface area contributed by atoms with Crippen LogP contribution in [0.3, 0.4) is 0 Å². The molecule has 0 amide bonds. The molecule has 1 heterocycles. The first-order valence-corrected chi connectivity index (χ1v) is 5.66. The number of hydrogen-bond donors (Lipinski definition) is 1. The van der Waals surface area contributed by atoms with Gasteiger partial charge in [0.15, 0.2) is 0 Å². The summed E-state index contributed by atoms with van der Waals surface area (Å²) >= 11 is 0. The summed E-state index contributed by atoms with van der Waals surface area (Å²) in [5.41, 5.74) is 0.260. The zero-order valence-electron chi connectivity index (χ0n) is 7.69. The Kier molecular flexibility index (Phi) is 3.66. The van der Waals surface area contributed by atoms with E-state index in [0.29, 0.717) is 13.2 Å². The van der Waals surface area contributed by atoms with Crippen LogP contribution in [0, 0.1) is 0 Å². The first-order valence-electron chi connectivity index (χ1n) is 4.12. The fraction of sp³-hybridized carbons (Fsp3) is 0.571. The fourth-order valence-electron chi connectivity index (χ4n) is 0.906. The molecule has 5 nitrogen and oxygen atoms in total. The van der Waals surface area contributed by atoms with Crippen molar-refractivity contribution in [3.8, 4) is 0 Å². The van der Waals surface area contributed by atoms with Gasteiger partial charge < -0.3 is 14.0 Å². The van der Waals surface area contributed by atoms with Crippen molar-refractivity contribution in [2.75, 3.05) is 13.2 Å². The van der Waals surface area contributed by atoms with E-state index in [9.17, 15) is 4.57 Å². The highest BCUT2D eigenvalue weighted by Crippen LogP contribution is 2.45. The summed E-state index contributed by atoms with van der Waals surface area (Å²) in [6.45, 7) is 4.18. The Labute approximate surface area is 77.0 Å². The standard InChI is InChI=1S/C7H13N2O3P/c1-3-11-13(10,12-4-2)7-8-5-6-9-7/h5-6H,3-4H2,1-2H3,(H,8,9). The zero-order chi connectivity index (χ0) is 9.73. The second kappa shape index (κ2) is 4.56. The summed E-state index contributed by atoms with van der Waals surface area (Å²) < 4.78 is 22.0. The molecule has 0 radical (unpaired) electrons. The predicted molar refractivity (Wildman–Crippen MR) is 49.1 cm³/mol. The summed E-state index contributed by atoms with van der Waals surface area (Å²) in [7, 11) is -3.19. The molecule has 0 aliphatic rings. The van der Waals surface area contributed by atoms with Gasteiger partial charge in [0, 0.05) is 12.4 Å². The third-order valence-electron chi connectivity index (χ3n) is 1.34. The average molecular weight is 204 g/mol. The third-order valence-corrected chi connectivity index (χ3v) is 3.30. The van der Waals surface area contributed by atoms with E-state index in [-0.39, 0.29) is 5.57 Å². The molecule has 0 unspecified atom stereocenters. The molecule has 6 heteroatoms. The monoisotopic (exact) mass is 204 g/mol. The molecule has 1 aromatic heterocycles. The second-order valence-corrected chi connectivity index (χ2v) is 4.18. The van der Waals surface area contributed by atoms with Crippen molar-refractivity contribution in [3.63, 3.8) is 0 Å². The molecule has 13 heavy (non-hydrogen) atoms. The van der Waals surface area contributed by atoms with Crippen LogP contribution < -0.4 is 5.57 Å². The number of rotatable bonds is 5. The number of imidazole rings is 1. The summed E-state index contributed by atoms with van der Waals surface area (Å²) in [4.78, 5) is 6.58. The van der Waals surface area contributed by atoms with Crippen LogP contribution in [-0.2, 0) is 13.6 Å². The lowest BCUT2D eigenvalue weighted by Gasteiger charge is -2.13. The Hall–Kier alpha value is -0.640. The number of aromatic amines is 1. The second-order valence-electron chi connectivity index (χ2n) is 2.25. The largest absolute Gasteiger partial charge is 0.396 e. The number of aromatic nitrogens is 2. The van der Waals surface area contributed by atoms with Crippen LogP contribution in [0.2, 0.25) is 0 Å². The molecule has 1 N–H and O–H groups in total. The van der Waals surface area contributed by atoms with Crippen LogP contribution in [0.4, 0.5) is 0 Å². The van der Waals surface area contributed by atoms with Crippen molar-refractivity contribution in [2.24, 2.45) is 0 Å². The van der Waals surface area contributed by atoms with E-state index in [1.54, 1.807) is 20.0 Å². The Balaban J connectivity index is 2.85. The fourth-order valence-corrected chi connectivity index (χ4v) is 2.35. The normalized spacial score (nSPS) is 11.8. The SMILES string of the molecule is CCOP(=O)(OCC)c1ncc[nH]1. The molecule has 0 aliphatic carbocycles. The van der Waals surface area contributed by atoms with Gasteiger partial charge in [-0.3, -0.25) is 4.57 Å². The van der Waals surface area contributed by atoms with Crippen molar-refractivity contribution < 1.29 is 13.6 Å². The van der Waals surface area contributed by atoms with Gasteiger partial charge in [0.2, 0.25) is 5.57 Å². The number of H-pyrrole nitrogens is 1. The first-order chi connectivity index (χ1) is 6.23. The quantitative estimate of drug-likeness (QED) is 0.734. The molecule has 0 fully saturated rings. The predicted octanol–water partition coefficient (Wildman–Crippen LogP) is 1.30. The van der Waals surface area contributed by atoms with E-state index in [1.165, 1.54) is 6.20 Å². The van der Waals surface area contributed by atoms with Crippen LogP contribution in [0.1, 0.15) is 13.8 Å². The molecule has 0 aromatic carbocycles. The minimum absolute atomic E-state index is 0.260. The molecule has 0 saturated carbocycles. The first kappa shape index (κ1) is 10.4. The maximum atomic E-state index is 11.9. The van der Waals surface area contributed by atoms with Crippen molar-refractivity contribution in [2.45, 2.75) is 13.8 Å². The minimum Gasteiger partial charge on any atom is -0.338 e. The van der Waals surface area contributed by atoms with Gasteiger partial charge in [-0.25, -0.2) is 4.98 Å². The van der Waals surface area contributed by atoms with Gasteiger partial charge in [-0.05, 0) is 13.8 Å². The van der Waals surface area contributed by atoms with Crippen LogP contribution >= 0.6 is 7.60 Å². The lowest BCUT2D eigenvalue weighted by Crippen LogP contribution is -2.14. The Morgan fingerprint density at radius 3 is 2.46 bits per heavy atom. The van der Waals surface area contributed by atoms with Gasteiger partial charge in [-0.15, -0.1) is 0 Å². The van der Waals surface area contributed by atoms with Crippen LogP contribution in [0.25, 0.3) is 0 Å². The highest BCUT2D eigenvalue weighted by molar-refractivity contribution is 7.61. The number of nitrogens with zero attached hydrogens (tertiary/aromatic N) is 1. The molecule has 0 spiro atoms. The smallest absolute Gasteiger partial charge is 0.338 e. The van der Waals surface area contributed by atoms with Crippen molar-refractivity contribution >= 4 is 13.2 Å². The number of hydrogen-bond acceptors (Lipinski definition) is 4. The van der Waals surface area contributed by atoms with Crippen LogP contribution in [0.15, 0.2) is 12.4 Å². The third kappa shape index (κ3) is 2.40. The Morgan fingerprint density at radius 1 is 1.46 bits per heavy atom. The summed E-state index contributed by atoms with van der Waals surface area (Å²) in [5.74, 6) is 0. The maximum absolute atomic E-state index is 11.9. The van der Waals surface area contributed by atoms with Crippen molar-refractivity contribution in [3.05, 3.63) is 12.4 Å². The van der Waals surface area contributed by atoms with Crippen molar-refractivity contribution in [1.82, 2.24) is 9.97 Å². The maximum Gasteiger partial charge on any atom is 0.396 e. The number of nitrogens with one attached hydrogen (secondary N) is 1. The van der Waals surface area contributed by atoms with E-state index in [2.05, 4.69) is 9.97 Å².